The van der Waals surface area contributed by atoms with Crippen LogP contribution in [0.3, 0.4) is 0 Å². The molecule has 2 unspecified atom stereocenters. The summed E-state index contributed by atoms with van der Waals surface area (Å²) < 4.78 is 10.9. The van der Waals surface area contributed by atoms with Gasteiger partial charge in [-0.3, -0.25) is 9.69 Å². The summed E-state index contributed by atoms with van der Waals surface area (Å²) in [5.74, 6) is 1.96. The maximum atomic E-state index is 13.2. The van der Waals surface area contributed by atoms with Crippen molar-refractivity contribution >= 4 is 5.91 Å². The number of benzene rings is 3. The number of piperidine rings is 1. The van der Waals surface area contributed by atoms with Crippen molar-refractivity contribution in [2.24, 2.45) is 5.92 Å². The molecule has 5 heteroatoms. The lowest BCUT2D eigenvalue weighted by Gasteiger charge is -2.37. The Balaban J connectivity index is 1.46. The summed E-state index contributed by atoms with van der Waals surface area (Å²) in [6.45, 7) is 3.05. The quantitative estimate of drug-likeness (QED) is 0.506. The zero-order chi connectivity index (χ0) is 23.8. The van der Waals surface area contributed by atoms with Crippen LogP contribution in [0.5, 0.6) is 11.5 Å². The van der Waals surface area contributed by atoms with Crippen molar-refractivity contribution in [3.8, 4) is 11.5 Å². The molecule has 0 aliphatic carbocycles. The predicted octanol–water partition coefficient (Wildman–Crippen LogP) is 4.67. The van der Waals surface area contributed by atoms with Gasteiger partial charge in [0, 0.05) is 32.2 Å². The fraction of sp³-hybridized carbons (Fsp3) is 0.345. The molecule has 0 spiro atoms. The van der Waals surface area contributed by atoms with Crippen LogP contribution >= 0.6 is 0 Å². The highest BCUT2D eigenvalue weighted by atomic mass is 16.5. The number of nitrogens with one attached hydrogen (secondary N) is 1. The van der Waals surface area contributed by atoms with Crippen molar-refractivity contribution in [2.45, 2.75) is 25.3 Å². The number of rotatable bonds is 9. The first-order chi connectivity index (χ1) is 16.6. The number of hydrogen-bond acceptors (Lipinski definition) is 4. The molecule has 34 heavy (non-hydrogen) atoms. The molecule has 0 bridgehead atoms. The van der Waals surface area contributed by atoms with Crippen LogP contribution in [0.4, 0.5) is 0 Å². The first-order valence-corrected chi connectivity index (χ1v) is 12.0. The molecule has 4 rings (SSSR count). The second kappa shape index (κ2) is 11.7. The van der Waals surface area contributed by atoms with Crippen LogP contribution in [0.25, 0.3) is 0 Å². The Morgan fingerprint density at radius 1 is 0.882 bits per heavy atom. The van der Waals surface area contributed by atoms with Gasteiger partial charge in [-0.05, 0) is 47.6 Å². The van der Waals surface area contributed by atoms with Crippen LogP contribution in [0.2, 0.25) is 0 Å². The van der Waals surface area contributed by atoms with Crippen LogP contribution in [0.15, 0.2) is 78.9 Å². The van der Waals surface area contributed by atoms with E-state index in [1.165, 1.54) is 11.1 Å². The molecule has 1 N–H and O–H groups in total. The molecule has 178 valence electrons. The van der Waals surface area contributed by atoms with Crippen molar-refractivity contribution in [3.05, 3.63) is 95.6 Å². The van der Waals surface area contributed by atoms with Crippen molar-refractivity contribution in [1.29, 1.82) is 0 Å². The Morgan fingerprint density at radius 2 is 1.53 bits per heavy atom. The lowest BCUT2D eigenvalue weighted by atomic mass is 9.84. The largest absolute Gasteiger partial charge is 0.497 e. The fourth-order valence-corrected chi connectivity index (χ4v) is 4.81. The van der Waals surface area contributed by atoms with Crippen molar-refractivity contribution in [2.75, 3.05) is 33.9 Å². The second-order valence-corrected chi connectivity index (χ2v) is 8.98. The first-order valence-electron chi connectivity index (χ1n) is 12.0. The highest BCUT2D eigenvalue weighted by Gasteiger charge is 2.32. The van der Waals surface area contributed by atoms with E-state index in [4.69, 9.17) is 9.47 Å². The van der Waals surface area contributed by atoms with Crippen LogP contribution < -0.4 is 14.8 Å². The molecule has 3 aromatic carbocycles. The number of methoxy groups -OCH3 is 2. The van der Waals surface area contributed by atoms with E-state index >= 15 is 0 Å². The highest BCUT2D eigenvalue weighted by molar-refractivity contribution is 5.79. The Hall–Kier alpha value is -3.31. The van der Waals surface area contributed by atoms with Gasteiger partial charge in [0.15, 0.2) is 0 Å². The smallest absolute Gasteiger partial charge is 0.224 e. The average Bonchev–Trinajstić information content (AvgIpc) is 2.89. The summed E-state index contributed by atoms with van der Waals surface area (Å²) in [5, 5.41) is 3.19. The molecule has 5 nitrogen and oxygen atoms in total. The molecule has 0 aromatic heterocycles. The van der Waals surface area contributed by atoms with Crippen molar-refractivity contribution < 1.29 is 14.3 Å². The topological polar surface area (TPSA) is 50.8 Å². The number of carbonyl (C=O) groups excluding carboxylic acids is 1. The standard InChI is InChI=1S/C29H34N2O3/c1-33-27-15-23(16-28(18-27)34-2)19-31-20-25(24-11-7-4-8-12-24)17-26(21-31)29(32)30-14-13-22-9-5-3-6-10-22/h3-12,15-16,18,25-26H,13-14,17,19-21H2,1-2H3,(H,30,32). The SMILES string of the molecule is COc1cc(CN2CC(C(=O)NCCc3ccccc3)CC(c3ccccc3)C2)cc(OC)c1. The van der Waals surface area contributed by atoms with Gasteiger partial charge in [-0.2, -0.15) is 0 Å². The van der Waals surface area contributed by atoms with Gasteiger partial charge < -0.3 is 14.8 Å². The maximum absolute atomic E-state index is 13.2. The summed E-state index contributed by atoms with van der Waals surface area (Å²) >= 11 is 0. The summed E-state index contributed by atoms with van der Waals surface area (Å²) in [6, 6.07) is 26.8. The molecule has 0 saturated carbocycles. The molecule has 0 radical (unpaired) electrons. The third-order valence-electron chi connectivity index (χ3n) is 6.54. The predicted molar refractivity (Wildman–Crippen MR) is 135 cm³/mol. The number of amides is 1. The molecule has 2 atom stereocenters. The Bertz CT molecular complexity index is 1030. The Labute approximate surface area is 202 Å². The minimum absolute atomic E-state index is 0.0535. The Morgan fingerprint density at radius 3 is 2.18 bits per heavy atom. The molecule has 1 aliphatic heterocycles. The molecule has 3 aromatic rings. The van der Waals surface area contributed by atoms with Gasteiger partial charge in [-0.15, -0.1) is 0 Å². The van der Waals surface area contributed by atoms with E-state index in [0.29, 0.717) is 12.5 Å². The van der Waals surface area contributed by atoms with E-state index in [1.807, 2.05) is 42.5 Å². The van der Waals surface area contributed by atoms with Gasteiger partial charge in [0.25, 0.3) is 0 Å². The van der Waals surface area contributed by atoms with E-state index in [2.05, 4.69) is 46.6 Å². The van der Waals surface area contributed by atoms with Crippen LogP contribution in [0, 0.1) is 5.92 Å². The molecule has 1 heterocycles. The van der Waals surface area contributed by atoms with Gasteiger partial charge >= 0.3 is 0 Å². The molecular weight excluding hydrogens is 424 g/mol. The molecule has 1 aliphatic rings. The monoisotopic (exact) mass is 458 g/mol. The summed E-state index contributed by atoms with van der Waals surface area (Å²) in [5.41, 5.74) is 3.65. The third kappa shape index (κ3) is 6.39. The van der Waals surface area contributed by atoms with E-state index in [-0.39, 0.29) is 11.8 Å². The van der Waals surface area contributed by atoms with Gasteiger partial charge in [0.05, 0.1) is 20.1 Å². The summed E-state index contributed by atoms with van der Waals surface area (Å²) in [6.07, 6.45) is 1.70. The van der Waals surface area contributed by atoms with E-state index in [0.717, 1.165) is 49.5 Å². The number of likely N-dealkylation sites (tertiary alicyclic amines) is 1. The van der Waals surface area contributed by atoms with Crippen molar-refractivity contribution in [1.82, 2.24) is 10.2 Å². The third-order valence-corrected chi connectivity index (χ3v) is 6.54. The van der Waals surface area contributed by atoms with Crippen molar-refractivity contribution in [3.63, 3.8) is 0 Å². The van der Waals surface area contributed by atoms with Gasteiger partial charge in [0.2, 0.25) is 5.91 Å². The van der Waals surface area contributed by atoms with E-state index in [1.54, 1.807) is 14.2 Å². The van der Waals surface area contributed by atoms with Crippen LogP contribution in [-0.2, 0) is 17.8 Å². The lowest BCUT2D eigenvalue weighted by Crippen LogP contribution is -2.45. The lowest BCUT2D eigenvalue weighted by molar-refractivity contribution is -0.127. The molecular formula is C29H34N2O3. The summed E-state index contributed by atoms with van der Waals surface area (Å²) in [7, 11) is 3.33. The minimum Gasteiger partial charge on any atom is -0.497 e. The first kappa shape index (κ1) is 23.8. The fourth-order valence-electron chi connectivity index (χ4n) is 4.81. The summed E-state index contributed by atoms with van der Waals surface area (Å²) in [4.78, 5) is 15.6. The van der Waals surface area contributed by atoms with Crippen LogP contribution in [-0.4, -0.2) is 44.7 Å². The maximum Gasteiger partial charge on any atom is 0.224 e. The van der Waals surface area contributed by atoms with Crippen LogP contribution in [0.1, 0.15) is 29.0 Å². The number of ether oxygens (including phenoxy) is 2. The normalized spacial score (nSPS) is 18.3. The molecule has 1 amide bonds. The number of carbonyl (C=O) groups is 1. The second-order valence-electron chi connectivity index (χ2n) is 8.98. The number of hydrogen-bond donors (Lipinski definition) is 1. The highest BCUT2D eigenvalue weighted by Crippen LogP contribution is 2.32. The van der Waals surface area contributed by atoms with Gasteiger partial charge in [-0.25, -0.2) is 0 Å². The molecule has 1 fully saturated rings. The average molecular weight is 459 g/mol. The van der Waals surface area contributed by atoms with E-state index < -0.39 is 0 Å². The minimum atomic E-state index is -0.0535. The molecule has 1 saturated heterocycles. The zero-order valence-corrected chi connectivity index (χ0v) is 20.1. The van der Waals surface area contributed by atoms with E-state index in [9.17, 15) is 4.79 Å². The Kier molecular flexibility index (Phi) is 8.21. The number of nitrogens with zero attached hydrogens (tertiary/aromatic N) is 1. The van der Waals surface area contributed by atoms with Gasteiger partial charge in [-0.1, -0.05) is 60.7 Å². The zero-order valence-electron chi connectivity index (χ0n) is 20.1. The van der Waals surface area contributed by atoms with Gasteiger partial charge in [0.1, 0.15) is 11.5 Å².